The van der Waals surface area contributed by atoms with E-state index in [9.17, 15) is 18.3 Å². The van der Waals surface area contributed by atoms with Gasteiger partial charge >= 0.3 is 6.09 Å². The van der Waals surface area contributed by atoms with Crippen LogP contribution in [-0.2, 0) is 14.8 Å². The Balaban J connectivity index is 1.32. The molecule has 3 heterocycles. The Hall–Kier alpha value is -2.21. The Morgan fingerprint density at radius 3 is 2.49 bits per heavy atom. The van der Waals surface area contributed by atoms with E-state index in [0.717, 1.165) is 34.2 Å². The van der Waals surface area contributed by atoms with Crippen molar-refractivity contribution in [2.45, 2.75) is 72.0 Å². The van der Waals surface area contributed by atoms with Gasteiger partial charge in [-0.3, -0.25) is 0 Å². The lowest BCUT2D eigenvalue weighted by Gasteiger charge is -2.31. The van der Waals surface area contributed by atoms with E-state index in [1.54, 1.807) is 18.7 Å². The van der Waals surface area contributed by atoms with Crippen molar-refractivity contribution in [3.05, 3.63) is 29.8 Å². The highest BCUT2D eigenvalue weighted by Crippen LogP contribution is 2.33. The summed E-state index contributed by atoms with van der Waals surface area (Å²) in [6.45, 7) is 11.7. The molecule has 0 unspecified atom stereocenters. The minimum atomic E-state index is -3.41. The summed E-state index contributed by atoms with van der Waals surface area (Å²) in [5, 5.41) is 10.5. The second-order valence-corrected chi connectivity index (χ2v) is 15.4. The summed E-state index contributed by atoms with van der Waals surface area (Å²) in [5.41, 5.74) is 1.99. The maximum Gasteiger partial charge on any atom is 0.409 e. The van der Waals surface area contributed by atoms with E-state index < -0.39 is 15.6 Å². The van der Waals surface area contributed by atoms with E-state index in [1.807, 2.05) is 39.0 Å². The lowest BCUT2D eigenvalue weighted by atomic mass is 9.99. The zero-order valence-electron chi connectivity index (χ0n) is 23.6. The molecule has 0 radical (unpaired) electrons. The molecular weight excluding hydrogens is 538 g/mol. The van der Waals surface area contributed by atoms with Crippen molar-refractivity contribution in [2.75, 3.05) is 38.5 Å². The molecule has 9 nitrogen and oxygen atoms in total. The number of aromatic nitrogens is 1. The average Bonchev–Trinajstić information content (AvgIpc) is 3.27. The van der Waals surface area contributed by atoms with Crippen molar-refractivity contribution in [1.29, 1.82) is 0 Å². The molecule has 0 saturated carbocycles. The molecule has 216 valence electrons. The third-order valence-electron chi connectivity index (χ3n) is 6.87. The van der Waals surface area contributed by atoms with Gasteiger partial charge in [0.1, 0.15) is 6.10 Å². The number of sulfonamides is 1. The van der Waals surface area contributed by atoms with E-state index in [1.165, 1.54) is 15.6 Å². The second kappa shape index (κ2) is 11.7. The molecular formula is C28H41N3O6S2. The smallest absolute Gasteiger partial charge is 0.409 e. The van der Waals surface area contributed by atoms with Crippen LogP contribution in [0, 0.1) is 5.41 Å². The molecule has 1 aromatic heterocycles. The molecule has 0 spiro atoms. The molecule has 2 aliphatic heterocycles. The largest absolute Gasteiger partial charge is 0.467 e. The zero-order valence-corrected chi connectivity index (χ0v) is 25.2. The number of benzene rings is 1. The zero-order chi connectivity index (χ0) is 28.4. The quantitative estimate of drug-likeness (QED) is 0.474. The van der Waals surface area contributed by atoms with Crippen LogP contribution in [0.4, 0.5) is 4.79 Å². The topological polar surface area (TPSA) is 109 Å². The Kier molecular flexibility index (Phi) is 8.95. The number of aliphatic hydroxyl groups is 1. The Morgan fingerprint density at radius 2 is 1.87 bits per heavy atom. The number of carbonyl (C=O) groups excluding carboxylic acids is 1. The van der Waals surface area contributed by atoms with Crippen molar-refractivity contribution in [1.82, 2.24) is 14.2 Å². The molecule has 0 atom stereocenters. The van der Waals surface area contributed by atoms with E-state index in [4.69, 9.17) is 9.47 Å². The number of amides is 1. The van der Waals surface area contributed by atoms with E-state index in [2.05, 4.69) is 11.1 Å². The highest BCUT2D eigenvalue weighted by Gasteiger charge is 2.28. The predicted molar refractivity (Wildman–Crippen MR) is 155 cm³/mol. The summed E-state index contributed by atoms with van der Waals surface area (Å²) >= 11 is 1.50. The van der Waals surface area contributed by atoms with Gasteiger partial charge in [-0.05, 0) is 55.4 Å². The van der Waals surface area contributed by atoms with Gasteiger partial charge in [-0.2, -0.15) is 4.31 Å². The maximum atomic E-state index is 12.7. The molecule has 0 bridgehead atoms. The fourth-order valence-corrected chi connectivity index (χ4v) is 7.10. The highest BCUT2D eigenvalue weighted by molar-refractivity contribution is 7.89. The number of hydrogen-bond donors (Lipinski definition) is 1. The number of rotatable bonds is 8. The number of ether oxygens (including phenoxy) is 2. The first-order chi connectivity index (χ1) is 18.2. The SMILES string of the molecule is CC(C)(C)COC(=O)N1CCC(Oc2nc3ccc(C4=CCN(S(=O)(=O)CCC(C)(C)O)CC4)cc3s2)CC1. The standard InChI is InChI=1S/C28H41N3O6S2/c1-27(2,3)19-36-26(32)30-13-10-22(11-14-30)37-25-29-23-7-6-21(18-24(23)38-25)20-8-15-31(16-9-20)39(34,35)17-12-28(4,5)33/h6-8,18,22,33H,9-17,19H2,1-5H3. The van der Waals surface area contributed by atoms with Gasteiger partial charge in [-0.25, -0.2) is 18.2 Å². The highest BCUT2D eigenvalue weighted by atomic mass is 32.2. The molecule has 1 fully saturated rings. The Bertz CT molecular complexity index is 1300. The van der Waals surface area contributed by atoms with Crippen LogP contribution in [0.2, 0.25) is 0 Å². The Morgan fingerprint density at radius 1 is 1.15 bits per heavy atom. The van der Waals surface area contributed by atoms with Gasteiger partial charge in [0.2, 0.25) is 10.0 Å². The van der Waals surface area contributed by atoms with Gasteiger partial charge in [0, 0.05) is 39.0 Å². The van der Waals surface area contributed by atoms with Crippen LogP contribution in [0.25, 0.3) is 15.8 Å². The summed E-state index contributed by atoms with van der Waals surface area (Å²) in [6, 6.07) is 6.10. The molecule has 0 aliphatic carbocycles. The molecule has 2 aromatic rings. The lowest BCUT2D eigenvalue weighted by molar-refractivity contribution is 0.0497. The van der Waals surface area contributed by atoms with Crippen molar-refractivity contribution < 1.29 is 27.8 Å². The van der Waals surface area contributed by atoms with Gasteiger partial charge < -0.3 is 19.5 Å². The molecule has 1 saturated heterocycles. The summed E-state index contributed by atoms with van der Waals surface area (Å²) in [5.74, 6) is -0.0599. The minimum Gasteiger partial charge on any atom is -0.467 e. The number of likely N-dealkylation sites (tertiary alicyclic amines) is 1. The van der Waals surface area contributed by atoms with E-state index in [-0.39, 0.29) is 29.8 Å². The van der Waals surface area contributed by atoms with Gasteiger partial charge in [-0.1, -0.05) is 44.3 Å². The summed E-state index contributed by atoms with van der Waals surface area (Å²) < 4.78 is 39.5. The van der Waals surface area contributed by atoms with Crippen LogP contribution in [0.5, 0.6) is 5.19 Å². The number of hydrogen-bond acceptors (Lipinski definition) is 8. The van der Waals surface area contributed by atoms with Crippen LogP contribution < -0.4 is 4.74 Å². The van der Waals surface area contributed by atoms with Gasteiger partial charge in [0.25, 0.3) is 5.19 Å². The molecule has 4 rings (SSSR count). The first-order valence-electron chi connectivity index (χ1n) is 13.6. The van der Waals surface area contributed by atoms with Crippen molar-refractivity contribution in [3.63, 3.8) is 0 Å². The normalized spacial score (nSPS) is 18.3. The van der Waals surface area contributed by atoms with Gasteiger partial charge in [0.05, 0.1) is 28.2 Å². The number of nitrogens with zero attached hydrogens (tertiary/aromatic N) is 3. The lowest BCUT2D eigenvalue weighted by Crippen LogP contribution is -2.42. The number of carbonyl (C=O) groups is 1. The van der Waals surface area contributed by atoms with Gasteiger partial charge in [0.15, 0.2) is 0 Å². The van der Waals surface area contributed by atoms with Crippen molar-refractivity contribution >= 4 is 43.2 Å². The van der Waals surface area contributed by atoms with Crippen LogP contribution in [0.15, 0.2) is 24.3 Å². The predicted octanol–water partition coefficient (Wildman–Crippen LogP) is 4.90. The monoisotopic (exact) mass is 579 g/mol. The average molecular weight is 580 g/mol. The molecule has 1 amide bonds. The van der Waals surface area contributed by atoms with Crippen molar-refractivity contribution in [3.8, 4) is 5.19 Å². The fraction of sp³-hybridized carbons (Fsp3) is 0.643. The van der Waals surface area contributed by atoms with Gasteiger partial charge in [-0.15, -0.1) is 0 Å². The van der Waals surface area contributed by atoms with Crippen LogP contribution in [0.3, 0.4) is 0 Å². The molecule has 39 heavy (non-hydrogen) atoms. The fourth-order valence-electron chi connectivity index (χ4n) is 4.50. The first-order valence-corrected chi connectivity index (χ1v) is 16.0. The Labute approximate surface area is 235 Å². The third kappa shape index (κ3) is 8.39. The van der Waals surface area contributed by atoms with Crippen LogP contribution in [-0.4, -0.2) is 84.1 Å². The molecule has 1 aromatic carbocycles. The van der Waals surface area contributed by atoms with Crippen LogP contribution in [0.1, 0.15) is 65.9 Å². The summed E-state index contributed by atoms with van der Waals surface area (Å²) in [7, 11) is -3.41. The first kappa shape index (κ1) is 29.8. The maximum absolute atomic E-state index is 12.7. The number of fused-ring (bicyclic) bond motifs is 1. The number of thiazole rings is 1. The van der Waals surface area contributed by atoms with Crippen LogP contribution >= 0.6 is 11.3 Å². The minimum absolute atomic E-state index is 0.00194. The molecule has 11 heteroatoms. The molecule has 2 aliphatic rings. The van der Waals surface area contributed by atoms with Crippen molar-refractivity contribution in [2.24, 2.45) is 5.41 Å². The molecule has 1 N–H and O–H groups in total. The summed E-state index contributed by atoms with van der Waals surface area (Å²) in [4.78, 5) is 18.7. The summed E-state index contributed by atoms with van der Waals surface area (Å²) in [6.07, 6.45) is 4.02. The van der Waals surface area contributed by atoms with E-state index >= 15 is 0 Å². The second-order valence-electron chi connectivity index (χ2n) is 12.3. The third-order valence-corrected chi connectivity index (χ3v) is 9.62. The van der Waals surface area contributed by atoms with E-state index in [0.29, 0.717) is 44.4 Å². The number of piperidine rings is 1.